The number of benzene rings is 6. The van der Waals surface area contributed by atoms with Gasteiger partial charge < -0.3 is 36.1 Å². The maximum atomic E-state index is 5.47. The molecule has 0 amide bonds. The van der Waals surface area contributed by atoms with Gasteiger partial charge >= 0.3 is 0 Å². The molecule has 0 radical (unpaired) electrons. The van der Waals surface area contributed by atoms with E-state index < -0.39 is 0 Å². The third kappa shape index (κ3) is 13.0. The van der Waals surface area contributed by atoms with Gasteiger partial charge in [-0.15, -0.1) is 17.4 Å². The Morgan fingerprint density at radius 1 is 0.507 bits per heavy atom. The summed E-state index contributed by atoms with van der Waals surface area (Å²) in [6, 6.07) is 60.8. The molecule has 388 valence electrons. The topological polar surface area (TPSA) is 78.0 Å². The van der Waals surface area contributed by atoms with Crippen LogP contribution < -0.4 is 10.6 Å². The van der Waals surface area contributed by atoms with E-state index in [1.165, 1.54) is 55.9 Å². The van der Waals surface area contributed by atoms with E-state index in [0.29, 0.717) is 35.8 Å². The van der Waals surface area contributed by atoms with E-state index in [1.807, 2.05) is 0 Å². The summed E-state index contributed by atoms with van der Waals surface area (Å²) >= 11 is 0. The molecule has 0 saturated heterocycles. The van der Waals surface area contributed by atoms with Gasteiger partial charge in [0.05, 0.1) is 23.1 Å². The summed E-state index contributed by atoms with van der Waals surface area (Å²) in [5.41, 5.74) is 21.2. The molecule has 2 aliphatic heterocycles. The van der Waals surface area contributed by atoms with Crippen molar-refractivity contribution in [3.05, 3.63) is 251 Å². The van der Waals surface area contributed by atoms with Crippen LogP contribution in [-0.2, 0) is 38.7 Å². The van der Waals surface area contributed by atoms with Gasteiger partial charge in [0.1, 0.15) is 0 Å². The summed E-state index contributed by atoms with van der Waals surface area (Å²) in [6.45, 7) is 22.5. The Labute approximate surface area is 469 Å². The van der Waals surface area contributed by atoms with Crippen LogP contribution in [-0.4, -0.2) is 22.1 Å². The van der Waals surface area contributed by atoms with Crippen LogP contribution >= 0.6 is 0 Å². The fourth-order valence-corrected chi connectivity index (χ4v) is 10.6. The van der Waals surface area contributed by atoms with E-state index in [4.69, 9.17) is 20.6 Å². The van der Waals surface area contributed by atoms with Crippen LogP contribution in [0.5, 0.6) is 0 Å². The monoisotopic (exact) mass is 1160 g/mol. The van der Waals surface area contributed by atoms with Crippen molar-refractivity contribution in [3.63, 3.8) is 0 Å². The van der Waals surface area contributed by atoms with Gasteiger partial charge in [0, 0.05) is 54.5 Å². The van der Waals surface area contributed by atoms with E-state index >= 15 is 0 Å². The number of anilines is 2. The second kappa shape index (κ2) is 26.0. The molecule has 4 unspecified atom stereocenters. The van der Waals surface area contributed by atoms with Crippen LogP contribution in [0.1, 0.15) is 161 Å². The Bertz CT molecular complexity index is 2850. The van der Waals surface area contributed by atoms with E-state index in [1.54, 1.807) is 0 Å². The zero-order valence-corrected chi connectivity index (χ0v) is 50.1. The van der Waals surface area contributed by atoms with Gasteiger partial charge in [-0.05, 0) is 102 Å². The van der Waals surface area contributed by atoms with Gasteiger partial charge in [-0.1, -0.05) is 230 Å². The Morgan fingerprint density at radius 2 is 0.987 bits per heavy atom. The van der Waals surface area contributed by atoms with E-state index in [0.717, 1.165) is 58.1 Å². The maximum absolute atomic E-state index is 5.47. The fourth-order valence-electron chi connectivity index (χ4n) is 10.6. The first-order valence-corrected chi connectivity index (χ1v) is 26.3. The average molecular weight is 1160 g/mol. The van der Waals surface area contributed by atoms with Crippen molar-refractivity contribution in [2.24, 2.45) is 0 Å². The normalized spacial score (nSPS) is 15.0. The average Bonchev–Trinajstić information content (AvgIpc) is 3.98. The number of rotatable bonds is 14. The molecular formula is C68H78HfN6-4. The van der Waals surface area contributed by atoms with Crippen molar-refractivity contribution in [3.8, 4) is 22.5 Å². The molecule has 2 N–H and O–H groups in total. The second-order valence-corrected chi connectivity index (χ2v) is 21.1. The Morgan fingerprint density at radius 3 is 1.57 bits per heavy atom. The Balaban J connectivity index is 0.000000234. The van der Waals surface area contributed by atoms with Crippen molar-refractivity contribution in [2.75, 3.05) is 10.6 Å². The summed E-state index contributed by atoms with van der Waals surface area (Å²) in [5.74, 6) is 1.60. The van der Waals surface area contributed by atoms with E-state index in [2.05, 4.69) is 250 Å². The SMILES string of the molecule is CC1Cc2cccc(-c3cccc(C(Nc4c(C(C)C)cccc4C(C)C)c4ccccc4)n3)c2N1.CC1Cc2cccc(-c3cccc(C([N-]c4c(C(C)C)cccc4C(C)C)c4ccccc4)n3)c2[N-]1.[CH3-].[CH3-].[Hf]. The Kier molecular flexibility index (Phi) is 20.1. The first-order valence-electron chi connectivity index (χ1n) is 26.3. The van der Waals surface area contributed by atoms with Crippen LogP contribution in [0.4, 0.5) is 22.7 Å². The molecule has 10 rings (SSSR count). The standard InChI is InChI=1S/C33H37N3.C33H35N3.2CH3.Hf/c2*1-21(2)26-15-10-16-27(22(3)4)33(26)36-32(24-12-7-6-8-13-24)30-19-11-18-29(35-30)28-17-9-14-25-20-23(5)34-31(25)28;;;/h6-19,21-23,32,34,36H,20H2,1-5H3;6-19,21-23,32H,20H2,1-5H3;2*1H3;/q;-2;2*-1;. The molecule has 4 heterocycles. The van der Waals surface area contributed by atoms with Crippen LogP contribution in [0.3, 0.4) is 0 Å². The maximum Gasteiger partial charge on any atom is 0.0940 e. The number of aromatic nitrogens is 2. The van der Waals surface area contributed by atoms with Crippen LogP contribution in [0.15, 0.2) is 170 Å². The number of nitrogens with zero attached hydrogens (tertiary/aromatic N) is 4. The van der Waals surface area contributed by atoms with Crippen molar-refractivity contribution in [2.45, 2.75) is 130 Å². The zero-order chi connectivity index (χ0) is 50.5. The third-order valence-corrected chi connectivity index (χ3v) is 14.2. The molecule has 6 nitrogen and oxygen atoms in total. The molecule has 75 heavy (non-hydrogen) atoms. The summed E-state index contributed by atoms with van der Waals surface area (Å²) in [7, 11) is 0. The molecule has 7 heteroatoms. The van der Waals surface area contributed by atoms with Gasteiger partial charge in [0.2, 0.25) is 0 Å². The largest absolute Gasteiger partial charge is 0.681 e. The van der Waals surface area contributed by atoms with Crippen LogP contribution in [0, 0.1) is 14.9 Å². The second-order valence-electron chi connectivity index (χ2n) is 21.1. The molecule has 6 aromatic carbocycles. The first kappa shape index (κ1) is 58.0. The molecule has 0 fully saturated rings. The minimum absolute atomic E-state index is 0. The first-order chi connectivity index (χ1) is 34.8. The van der Waals surface area contributed by atoms with Gasteiger partial charge in [0.25, 0.3) is 0 Å². The summed E-state index contributed by atoms with van der Waals surface area (Å²) in [4.78, 5) is 10.5. The molecule has 0 saturated carbocycles. The summed E-state index contributed by atoms with van der Waals surface area (Å²) in [5, 5.41) is 18.0. The Hall–Kier alpha value is -6.31. The zero-order valence-electron chi connectivity index (χ0n) is 46.5. The fraction of sp³-hybridized carbons (Fsp3) is 0.294. The van der Waals surface area contributed by atoms with E-state index in [-0.39, 0.29) is 52.8 Å². The summed E-state index contributed by atoms with van der Waals surface area (Å²) < 4.78 is 0. The van der Waals surface area contributed by atoms with Gasteiger partial charge in [-0.3, -0.25) is 9.97 Å². The third-order valence-electron chi connectivity index (χ3n) is 14.2. The summed E-state index contributed by atoms with van der Waals surface area (Å²) in [6.07, 6.45) is 2.05. The van der Waals surface area contributed by atoms with Crippen LogP contribution in [0.2, 0.25) is 0 Å². The van der Waals surface area contributed by atoms with E-state index in [9.17, 15) is 0 Å². The van der Waals surface area contributed by atoms with Crippen molar-refractivity contribution in [1.29, 1.82) is 0 Å². The predicted molar refractivity (Wildman–Crippen MR) is 318 cm³/mol. The van der Waals surface area contributed by atoms with Gasteiger partial charge in [-0.2, -0.15) is 0 Å². The molecule has 2 aliphatic rings. The molecule has 0 aliphatic carbocycles. The number of para-hydroxylation sites is 4. The van der Waals surface area contributed by atoms with Gasteiger partial charge in [0.15, 0.2) is 0 Å². The molecule has 0 spiro atoms. The number of pyridine rings is 2. The number of fused-ring (bicyclic) bond motifs is 2. The minimum Gasteiger partial charge on any atom is -0.681 e. The number of nitrogens with one attached hydrogen (secondary N) is 2. The number of hydrogen-bond acceptors (Lipinski definition) is 4. The smallest absolute Gasteiger partial charge is 0.0940 e. The quantitative estimate of drug-likeness (QED) is 0.0840. The molecule has 0 bridgehead atoms. The molecule has 2 aromatic heterocycles. The molecule has 4 atom stereocenters. The van der Waals surface area contributed by atoms with Crippen molar-refractivity contribution >= 4 is 22.7 Å². The molecular weight excluding hydrogens is 1080 g/mol. The van der Waals surface area contributed by atoms with Crippen molar-refractivity contribution < 1.29 is 25.8 Å². The minimum atomic E-state index is -0.198. The molecule has 8 aromatic rings. The number of hydrogen-bond donors (Lipinski definition) is 2. The van der Waals surface area contributed by atoms with Crippen LogP contribution in [0.25, 0.3) is 33.1 Å². The van der Waals surface area contributed by atoms with Crippen molar-refractivity contribution in [1.82, 2.24) is 9.97 Å². The predicted octanol–water partition coefficient (Wildman–Crippen LogP) is 19.2. The van der Waals surface area contributed by atoms with Gasteiger partial charge in [-0.25, -0.2) is 0 Å².